The highest BCUT2D eigenvalue weighted by Gasteiger charge is 2.56. The van der Waals surface area contributed by atoms with Gasteiger partial charge in [-0.25, -0.2) is 4.31 Å². The van der Waals surface area contributed by atoms with Crippen molar-refractivity contribution in [1.82, 2.24) is 4.31 Å². The summed E-state index contributed by atoms with van der Waals surface area (Å²) >= 11 is 0. The van der Waals surface area contributed by atoms with Crippen molar-refractivity contribution in [3.05, 3.63) is 0 Å². The maximum absolute atomic E-state index is 11.5. The number of hydrogen-bond acceptors (Lipinski definition) is 3. The van der Waals surface area contributed by atoms with Gasteiger partial charge in [0, 0.05) is 10.7 Å². The fourth-order valence-electron chi connectivity index (χ4n) is 2.86. The normalized spacial score (nSPS) is 19.9. The molecule has 0 atom stereocenters. The zero-order chi connectivity index (χ0) is 13.4. The molecule has 1 aliphatic heterocycles. The maximum atomic E-state index is 11.5. The number of hydrogen-bond donors (Lipinski definition) is 0. The summed E-state index contributed by atoms with van der Waals surface area (Å²) in [6.45, 7) is 8.07. The topological polar surface area (TPSA) is 54.5 Å². The van der Waals surface area contributed by atoms with Gasteiger partial charge >= 0.3 is 9.24 Å². The zero-order valence-corrected chi connectivity index (χ0v) is 12.3. The summed E-state index contributed by atoms with van der Waals surface area (Å²) in [7, 11) is 1.40. The van der Waals surface area contributed by atoms with Crippen molar-refractivity contribution in [2.75, 3.05) is 0 Å². The molecule has 100 valence electrons. The molecular weight excluding hydrogens is 262 g/mol. The lowest BCUT2D eigenvalue weighted by molar-refractivity contribution is -0.147. The van der Waals surface area contributed by atoms with Crippen LogP contribution in [0.3, 0.4) is 0 Å². The van der Waals surface area contributed by atoms with Gasteiger partial charge < -0.3 is 0 Å². The number of carbonyl (C=O) groups is 1. The molecule has 0 aromatic heterocycles. The fraction of sp³-hybridized carbons (Fsp3) is 0.909. The molecule has 1 rings (SSSR count). The van der Waals surface area contributed by atoms with E-state index in [4.69, 9.17) is 10.7 Å². The Labute approximate surface area is 108 Å². The number of halogens is 1. The van der Waals surface area contributed by atoms with Crippen molar-refractivity contribution in [3.63, 3.8) is 0 Å². The van der Waals surface area contributed by atoms with Crippen molar-refractivity contribution in [2.45, 2.75) is 52.5 Å². The Kier molecular flexibility index (Phi) is 4.14. The van der Waals surface area contributed by atoms with Crippen molar-refractivity contribution in [2.24, 2.45) is 11.8 Å². The summed E-state index contributed by atoms with van der Waals surface area (Å²) in [5, 5.41) is 0. The lowest BCUT2D eigenvalue weighted by Gasteiger charge is -2.51. The third-order valence-electron chi connectivity index (χ3n) is 2.93. The van der Waals surface area contributed by atoms with Crippen LogP contribution in [0, 0.1) is 11.8 Å². The summed E-state index contributed by atoms with van der Waals surface area (Å²) in [5.74, 6) is 0.256. The van der Waals surface area contributed by atoms with Crippen LogP contribution in [0.1, 0.15) is 47.0 Å². The Hall–Kier alpha value is -0.290. The predicted molar refractivity (Wildman–Crippen MR) is 67.9 cm³/mol. The van der Waals surface area contributed by atoms with Gasteiger partial charge in [-0.1, -0.05) is 27.7 Å². The van der Waals surface area contributed by atoms with Crippen LogP contribution >= 0.6 is 10.7 Å². The Morgan fingerprint density at radius 1 is 1.24 bits per heavy atom. The molecule has 6 heteroatoms. The second-order valence-electron chi connectivity index (χ2n) is 5.70. The molecule has 1 saturated heterocycles. The monoisotopic (exact) mass is 281 g/mol. The molecule has 4 nitrogen and oxygen atoms in total. The first kappa shape index (κ1) is 14.8. The molecule has 0 radical (unpaired) electrons. The number of nitrogens with zero attached hydrogens (tertiary/aromatic N) is 1. The number of β-lactam (4-membered cyclic amide) rings is 1. The van der Waals surface area contributed by atoms with Crippen LogP contribution in [-0.4, -0.2) is 24.2 Å². The molecule has 0 unspecified atom stereocenters. The van der Waals surface area contributed by atoms with Crippen molar-refractivity contribution in [1.29, 1.82) is 0 Å². The summed E-state index contributed by atoms with van der Waals surface area (Å²) in [6.07, 6.45) is 1.63. The highest BCUT2D eigenvalue weighted by atomic mass is 35.7. The average molecular weight is 282 g/mol. The van der Waals surface area contributed by atoms with E-state index in [0.717, 1.165) is 4.31 Å². The molecule has 1 amide bonds. The third kappa shape index (κ3) is 3.13. The Balaban J connectivity index is 3.04. The minimum atomic E-state index is -3.96. The largest absolute Gasteiger partial charge is 0.324 e. The molecule has 0 N–H and O–H groups in total. The maximum Gasteiger partial charge on any atom is 0.324 e. The SMILES string of the molecule is CC(C)CC1(CC(C)C)CC(=O)N1S(=O)(=O)Cl. The lowest BCUT2D eigenvalue weighted by Crippen LogP contribution is -2.65. The van der Waals surface area contributed by atoms with E-state index in [1.165, 1.54) is 0 Å². The Morgan fingerprint density at radius 3 is 1.88 bits per heavy atom. The molecule has 0 aromatic carbocycles. The Morgan fingerprint density at radius 2 is 1.65 bits per heavy atom. The molecule has 1 heterocycles. The first-order valence-corrected chi connectivity index (χ1v) is 8.13. The number of amides is 1. The molecular formula is C11H20ClNO3S. The van der Waals surface area contributed by atoms with E-state index in [0.29, 0.717) is 24.7 Å². The molecule has 17 heavy (non-hydrogen) atoms. The number of rotatable bonds is 5. The molecule has 0 saturated carbocycles. The van der Waals surface area contributed by atoms with E-state index >= 15 is 0 Å². The van der Waals surface area contributed by atoms with E-state index in [1.807, 2.05) is 27.7 Å². The minimum absolute atomic E-state index is 0.287. The molecule has 0 aliphatic carbocycles. The fourth-order valence-corrected chi connectivity index (χ4v) is 4.52. The van der Waals surface area contributed by atoms with Gasteiger partial charge in [-0.3, -0.25) is 4.79 Å². The van der Waals surface area contributed by atoms with E-state index < -0.39 is 14.8 Å². The molecule has 1 fully saturated rings. The van der Waals surface area contributed by atoms with Gasteiger partial charge in [0.25, 0.3) is 0 Å². The quantitative estimate of drug-likeness (QED) is 0.575. The van der Waals surface area contributed by atoms with E-state index in [9.17, 15) is 13.2 Å². The van der Waals surface area contributed by atoms with Crippen LogP contribution in [-0.2, 0) is 14.0 Å². The first-order chi connectivity index (χ1) is 7.58. The first-order valence-electron chi connectivity index (χ1n) is 5.86. The number of carbonyl (C=O) groups excluding carboxylic acids is 1. The highest BCUT2D eigenvalue weighted by molar-refractivity contribution is 8.12. The second kappa shape index (κ2) is 4.76. The van der Waals surface area contributed by atoms with Gasteiger partial charge in [0.05, 0.1) is 12.0 Å². The summed E-state index contributed by atoms with van der Waals surface area (Å²) in [4.78, 5) is 11.5. The van der Waals surface area contributed by atoms with E-state index in [-0.39, 0.29) is 12.3 Å². The Bertz CT molecular complexity index is 393. The lowest BCUT2D eigenvalue weighted by atomic mass is 9.74. The van der Waals surface area contributed by atoms with Crippen molar-refractivity contribution >= 4 is 25.8 Å². The van der Waals surface area contributed by atoms with Crippen LogP contribution in [0.2, 0.25) is 0 Å². The molecule has 0 aromatic rings. The molecule has 1 aliphatic rings. The van der Waals surface area contributed by atoms with Crippen LogP contribution in [0.4, 0.5) is 0 Å². The van der Waals surface area contributed by atoms with Gasteiger partial charge in [-0.15, -0.1) is 0 Å². The van der Waals surface area contributed by atoms with Crippen LogP contribution < -0.4 is 0 Å². The predicted octanol–water partition coefficient (Wildman–Crippen LogP) is 2.53. The van der Waals surface area contributed by atoms with Crippen LogP contribution in [0.15, 0.2) is 0 Å². The van der Waals surface area contributed by atoms with E-state index in [1.54, 1.807) is 0 Å². The standard InChI is InChI=1S/C11H20ClNO3S/c1-8(2)5-11(6-9(3)4)7-10(14)13(11)17(12,15)16/h8-9H,5-7H2,1-4H3. The minimum Gasteiger partial charge on any atom is -0.274 e. The summed E-state index contributed by atoms with van der Waals surface area (Å²) < 4.78 is 23.8. The molecule has 0 bridgehead atoms. The van der Waals surface area contributed by atoms with Gasteiger partial charge in [0.2, 0.25) is 5.91 Å². The zero-order valence-electron chi connectivity index (χ0n) is 10.7. The molecule has 0 spiro atoms. The van der Waals surface area contributed by atoms with Gasteiger partial charge in [-0.05, 0) is 24.7 Å². The third-order valence-corrected chi connectivity index (χ3v) is 4.37. The van der Waals surface area contributed by atoms with Gasteiger partial charge in [0.15, 0.2) is 0 Å². The second-order valence-corrected chi connectivity index (χ2v) is 8.06. The summed E-state index contributed by atoms with van der Waals surface area (Å²) in [5.41, 5.74) is -0.597. The average Bonchev–Trinajstić information content (AvgIpc) is 1.94. The summed E-state index contributed by atoms with van der Waals surface area (Å²) in [6, 6.07) is 0. The van der Waals surface area contributed by atoms with E-state index in [2.05, 4.69) is 0 Å². The smallest absolute Gasteiger partial charge is 0.274 e. The van der Waals surface area contributed by atoms with Crippen LogP contribution in [0.5, 0.6) is 0 Å². The van der Waals surface area contributed by atoms with Crippen LogP contribution in [0.25, 0.3) is 0 Å². The van der Waals surface area contributed by atoms with Crippen molar-refractivity contribution in [3.8, 4) is 0 Å². The highest BCUT2D eigenvalue weighted by Crippen LogP contribution is 2.45. The van der Waals surface area contributed by atoms with Gasteiger partial charge in [-0.2, -0.15) is 8.42 Å². The van der Waals surface area contributed by atoms with Gasteiger partial charge in [0.1, 0.15) is 0 Å². The van der Waals surface area contributed by atoms with Crippen molar-refractivity contribution < 1.29 is 13.2 Å².